The van der Waals surface area contributed by atoms with E-state index in [0.717, 1.165) is 12.8 Å². The lowest BCUT2D eigenvalue weighted by atomic mass is 10.1. The van der Waals surface area contributed by atoms with Gasteiger partial charge >= 0.3 is 0 Å². The number of primary sulfonamides is 1. The Balaban J connectivity index is 2.22. The number of carbonyl (C=O) groups is 1. The summed E-state index contributed by atoms with van der Waals surface area (Å²) in [6.07, 6.45) is 4.71. The van der Waals surface area contributed by atoms with E-state index in [4.69, 9.17) is 5.14 Å². The Hall–Kier alpha value is -0.920. The number of hydrogen-bond acceptors (Lipinski definition) is 3. The number of sulfonamides is 1. The van der Waals surface area contributed by atoms with Crippen LogP contribution in [0.1, 0.15) is 41.6 Å². The van der Waals surface area contributed by atoms with Gasteiger partial charge in [-0.3, -0.25) is 4.79 Å². The van der Waals surface area contributed by atoms with Crippen molar-refractivity contribution < 1.29 is 13.2 Å². The molecular formula is C14H19BrN2O3S. The van der Waals surface area contributed by atoms with Gasteiger partial charge in [-0.05, 0) is 43.4 Å². The predicted octanol–water partition coefficient (Wildman–Crippen LogP) is 2.32. The number of carbonyl (C=O) groups excluding carboxylic acids is 1. The van der Waals surface area contributed by atoms with Gasteiger partial charge in [0.05, 0.1) is 4.90 Å². The lowest BCUT2D eigenvalue weighted by Crippen LogP contribution is -2.29. The van der Waals surface area contributed by atoms with E-state index in [1.54, 1.807) is 13.0 Å². The average molecular weight is 375 g/mol. The van der Waals surface area contributed by atoms with Crippen LogP contribution in [0.25, 0.3) is 0 Å². The molecule has 1 saturated carbocycles. The fourth-order valence-corrected chi connectivity index (χ4v) is 4.17. The van der Waals surface area contributed by atoms with Gasteiger partial charge in [-0.1, -0.05) is 28.8 Å². The Kier molecular flexibility index (Phi) is 5.06. The summed E-state index contributed by atoms with van der Waals surface area (Å²) in [5.74, 6) is 0.268. The zero-order valence-electron chi connectivity index (χ0n) is 11.9. The number of amides is 1. The molecule has 0 aliphatic heterocycles. The largest absolute Gasteiger partial charge is 0.352 e. The third kappa shape index (κ3) is 4.05. The fourth-order valence-electron chi connectivity index (χ4n) is 2.73. The van der Waals surface area contributed by atoms with Gasteiger partial charge < -0.3 is 5.32 Å². The highest BCUT2D eigenvalue weighted by atomic mass is 79.9. The second-order valence-corrected chi connectivity index (χ2v) is 7.93. The number of hydrogen-bond donors (Lipinski definition) is 2. The van der Waals surface area contributed by atoms with Gasteiger partial charge in [0.25, 0.3) is 5.91 Å². The molecule has 0 atom stereocenters. The monoisotopic (exact) mass is 374 g/mol. The van der Waals surface area contributed by atoms with E-state index in [9.17, 15) is 13.2 Å². The van der Waals surface area contributed by atoms with Crippen molar-refractivity contribution in [1.82, 2.24) is 5.32 Å². The summed E-state index contributed by atoms with van der Waals surface area (Å²) in [4.78, 5) is 12.3. The lowest BCUT2D eigenvalue weighted by Gasteiger charge is -2.14. The zero-order valence-corrected chi connectivity index (χ0v) is 14.3. The van der Waals surface area contributed by atoms with Crippen molar-refractivity contribution in [2.45, 2.75) is 37.5 Å². The van der Waals surface area contributed by atoms with Gasteiger partial charge in [0.1, 0.15) is 0 Å². The minimum atomic E-state index is -3.85. The van der Waals surface area contributed by atoms with Crippen LogP contribution in [0.5, 0.6) is 0 Å². The molecule has 21 heavy (non-hydrogen) atoms. The van der Waals surface area contributed by atoms with E-state index in [2.05, 4.69) is 21.2 Å². The van der Waals surface area contributed by atoms with E-state index in [0.29, 0.717) is 28.1 Å². The van der Waals surface area contributed by atoms with Crippen LogP contribution >= 0.6 is 15.9 Å². The molecule has 0 spiro atoms. The average Bonchev–Trinajstić information content (AvgIpc) is 2.90. The van der Waals surface area contributed by atoms with Crippen molar-refractivity contribution >= 4 is 31.9 Å². The molecule has 116 valence electrons. The normalized spacial score (nSPS) is 16.1. The summed E-state index contributed by atoms with van der Waals surface area (Å²) < 4.78 is 23.7. The molecule has 0 heterocycles. The third-order valence-electron chi connectivity index (χ3n) is 3.90. The molecule has 1 amide bonds. The Labute approximate surface area is 133 Å². The highest BCUT2D eigenvalue weighted by Gasteiger charge is 2.21. The zero-order chi connectivity index (χ0) is 15.6. The molecule has 0 bridgehead atoms. The van der Waals surface area contributed by atoms with E-state index >= 15 is 0 Å². The standard InChI is InChI=1S/C14H19BrN2O3S/c1-9-12(6-11(15)7-13(9)21(16,19)20)14(18)17-8-10-4-2-3-5-10/h6-7,10H,2-5,8H2,1H3,(H,17,18)(H2,16,19,20). The van der Waals surface area contributed by atoms with Crippen molar-refractivity contribution in [3.63, 3.8) is 0 Å². The van der Waals surface area contributed by atoms with Crippen LogP contribution in [0.2, 0.25) is 0 Å². The molecule has 0 radical (unpaired) electrons. The second-order valence-electron chi connectivity index (χ2n) is 5.48. The van der Waals surface area contributed by atoms with Crippen molar-refractivity contribution in [2.24, 2.45) is 11.1 Å². The van der Waals surface area contributed by atoms with Crippen molar-refractivity contribution in [2.75, 3.05) is 6.54 Å². The first-order valence-corrected chi connectivity index (χ1v) is 9.24. The maximum absolute atomic E-state index is 12.3. The van der Waals surface area contributed by atoms with Crippen molar-refractivity contribution in [1.29, 1.82) is 0 Å². The molecule has 0 aromatic heterocycles. The molecule has 5 nitrogen and oxygen atoms in total. The number of rotatable bonds is 4. The first-order chi connectivity index (χ1) is 9.79. The van der Waals surface area contributed by atoms with Gasteiger partial charge in [0.15, 0.2) is 0 Å². The van der Waals surface area contributed by atoms with Crippen LogP contribution < -0.4 is 10.5 Å². The SMILES string of the molecule is Cc1c(C(=O)NCC2CCCC2)cc(Br)cc1S(N)(=O)=O. The highest BCUT2D eigenvalue weighted by molar-refractivity contribution is 9.10. The van der Waals surface area contributed by atoms with Gasteiger partial charge in [-0.25, -0.2) is 13.6 Å². The maximum atomic E-state index is 12.3. The fraction of sp³-hybridized carbons (Fsp3) is 0.500. The molecule has 7 heteroatoms. The number of nitrogens with one attached hydrogen (secondary N) is 1. The summed E-state index contributed by atoms with van der Waals surface area (Å²) in [6, 6.07) is 3.03. The van der Waals surface area contributed by atoms with Gasteiger partial charge in [0, 0.05) is 16.6 Å². The molecule has 0 unspecified atom stereocenters. The number of benzene rings is 1. The molecular weight excluding hydrogens is 356 g/mol. The maximum Gasteiger partial charge on any atom is 0.251 e. The first-order valence-electron chi connectivity index (χ1n) is 6.90. The third-order valence-corrected chi connectivity index (χ3v) is 5.40. The molecule has 1 aromatic rings. The molecule has 0 saturated heterocycles. The number of halogens is 1. The minimum Gasteiger partial charge on any atom is -0.352 e. The number of nitrogens with two attached hydrogens (primary N) is 1. The molecule has 1 aliphatic rings. The topological polar surface area (TPSA) is 89.3 Å². The van der Waals surface area contributed by atoms with E-state index in [1.165, 1.54) is 18.9 Å². The Morgan fingerprint density at radius 3 is 2.57 bits per heavy atom. The van der Waals surface area contributed by atoms with Crippen LogP contribution in [-0.4, -0.2) is 20.9 Å². The summed E-state index contributed by atoms with van der Waals surface area (Å²) in [7, 11) is -3.85. The molecule has 3 N–H and O–H groups in total. The summed E-state index contributed by atoms with van der Waals surface area (Å²) >= 11 is 3.23. The smallest absolute Gasteiger partial charge is 0.251 e. The van der Waals surface area contributed by atoms with Crippen LogP contribution in [0.3, 0.4) is 0 Å². The van der Waals surface area contributed by atoms with E-state index < -0.39 is 10.0 Å². The van der Waals surface area contributed by atoms with Crippen LogP contribution in [0.15, 0.2) is 21.5 Å². The highest BCUT2D eigenvalue weighted by Crippen LogP contribution is 2.25. The van der Waals surface area contributed by atoms with Crippen molar-refractivity contribution in [3.8, 4) is 0 Å². The Morgan fingerprint density at radius 2 is 2.00 bits per heavy atom. The van der Waals surface area contributed by atoms with Crippen LogP contribution in [0.4, 0.5) is 0 Å². The molecule has 1 aliphatic carbocycles. The summed E-state index contributed by atoms with van der Waals surface area (Å²) in [6.45, 7) is 2.23. The minimum absolute atomic E-state index is 0.0251. The quantitative estimate of drug-likeness (QED) is 0.847. The summed E-state index contributed by atoms with van der Waals surface area (Å²) in [5.41, 5.74) is 0.719. The Morgan fingerprint density at radius 1 is 1.38 bits per heavy atom. The predicted molar refractivity (Wildman–Crippen MR) is 84.5 cm³/mol. The second kappa shape index (κ2) is 6.46. The lowest BCUT2D eigenvalue weighted by molar-refractivity contribution is 0.0946. The Bertz CT molecular complexity index is 652. The van der Waals surface area contributed by atoms with Crippen LogP contribution in [0, 0.1) is 12.8 Å². The van der Waals surface area contributed by atoms with Crippen LogP contribution in [-0.2, 0) is 10.0 Å². The molecule has 2 rings (SSSR count). The van der Waals surface area contributed by atoms with E-state index in [-0.39, 0.29) is 10.8 Å². The van der Waals surface area contributed by atoms with Crippen molar-refractivity contribution in [3.05, 3.63) is 27.7 Å². The van der Waals surface area contributed by atoms with Gasteiger partial charge in [-0.2, -0.15) is 0 Å². The molecule has 1 fully saturated rings. The van der Waals surface area contributed by atoms with Gasteiger partial charge in [0.2, 0.25) is 10.0 Å². The molecule has 1 aromatic carbocycles. The summed E-state index contributed by atoms with van der Waals surface area (Å²) in [5, 5.41) is 8.08. The van der Waals surface area contributed by atoms with Gasteiger partial charge in [-0.15, -0.1) is 0 Å². The van der Waals surface area contributed by atoms with E-state index in [1.807, 2.05) is 0 Å². The first kappa shape index (κ1) is 16.5.